The van der Waals surface area contributed by atoms with E-state index >= 15 is 0 Å². The third-order valence-electron chi connectivity index (χ3n) is 4.06. The Balaban J connectivity index is 1.78. The first-order chi connectivity index (χ1) is 14.7. The van der Waals surface area contributed by atoms with Crippen molar-refractivity contribution >= 4 is 52.2 Å². The first-order valence-electron chi connectivity index (χ1n) is 9.11. The Morgan fingerprint density at radius 2 is 2.06 bits per heavy atom. The summed E-state index contributed by atoms with van der Waals surface area (Å²) in [5.41, 5.74) is -0.0105. The predicted molar refractivity (Wildman–Crippen MR) is 114 cm³/mol. The number of hydrogen-bond donors (Lipinski definition) is 0. The number of hydrogen-bond acceptors (Lipinski definition) is 8. The molecule has 9 nitrogen and oxygen atoms in total. The van der Waals surface area contributed by atoms with Gasteiger partial charge in [0, 0.05) is 17.2 Å². The Bertz CT molecular complexity index is 1090. The topological polar surface area (TPSA) is 120 Å². The number of amides is 2. The van der Waals surface area contributed by atoms with E-state index in [4.69, 9.17) is 20.8 Å². The minimum absolute atomic E-state index is 0.0631. The Morgan fingerprint density at radius 3 is 2.74 bits per heavy atom. The molecule has 1 fully saturated rings. The van der Waals surface area contributed by atoms with Gasteiger partial charge in [-0.05, 0) is 41.9 Å². The highest BCUT2D eigenvalue weighted by Crippen LogP contribution is 2.36. The van der Waals surface area contributed by atoms with Crippen LogP contribution in [0.2, 0.25) is 5.02 Å². The van der Waals surface area contributed by atoms with Crippen LogP contribution in [-0.2, 0) is 14.3 Å². The average Bonchev–Trinajstić information content (AvgIpc) is 3.26. The molecule has 11 heteroatoms. The Hall–Kier alpha value is -3.11. The highest BCUT2D eigenvalue weighted by atomic mass is 35.5. The molecule has 2 aromatic rings. The fourth-order valence-electron chi connectivity index (χ4n) is 2.64. The maximum absolute atomic E-state index is 12.5. The van der Waals surface area contributed by atoms with Gasteiger partial charge in [-0.1, -0.05) is 25.4 Å². The summed E-state index contributed by atoms with van der Waals surface area (Å²) < 4.78 is 10.6. The molecule has 162 valence electrons. The van der Waals surface area contributed by atoms with Crippen LogP contribution in [0, 0.1) is 16.0 Å². The lowest BCUT2D eigenvalue weighted by Crippen LogP contribution is -2.34. The molecule has 0 bridgehead atoms. The molecule has 1 aliphatic rings. The van der Waals surface area contributed by atoms with Gasteiger partial charge in [0.25, 0.3) is 16.8 Å². The molecule has 0 unspecified atom stereocenters. The number of esters is 1. The van der Waals surface area contributed by atoms with Gasteiger partial charge >= 0.3 is 5.97 Å². The summed E-state index contributed by atoms with van der Waals surface area (Å²) in [7, 11) is 0. The van der Waals surface area contributed by atoms with E-state index in [1.54, 1.807) is 0 Å². The van der Waals surface area contributed by atoms with E-state index in [9.17, 15) is 24.5 Å². The molecular weight excluding hydrogens is 448 g/mol. The molecule has 0 aliphatic carbocycles. The number of ether oxygens (including phenoxy) is 1. The minimum Gasteiger partial charge on any atom is -0.464 e. The van der Waals surface area contributed by atoms with Crippen molar-refractivity contribution in [3.63, 3.8) is 0 Å². The summed E-state index contributed by atoms with van der Waals surface area (Å²) in [5, 5.41) is 10.9. The number of carbonyl (C=O) groups excluding carboxylic acids is 3. The molecule has 0 atom stereocenters. The summed E-state index contributed by atoms with van der Waals surface area (Å²) >= 11 is 6.49. The van der Waals surface area contributed by atoms with Gasteiger partial charge in [0.1, 0.15) is 18.1 Å². The number of nitro groups is 1. The molecule has 0 spiro atoms. The zero-order valence-corrected chi connectivity index (χ0v) is 18.1. The Kier molecular flexibility index (Phi) is 6.81. The molecule has 1 aromatic carbocycles. The molecule has 0 saturated carbocycles. The SMILES string of the molecule is CC(C)COC(=O)CN1C(=O)S/C(=C/c2ccc(-c3ccc(Cl)cc3[N+](=O)[O-])o2)C1=O. The fraction of sp³-hybridized carbons (Fsp3) is 0.250. The zero-order chi connectivity index (χ0) is 22.7. The first kappa shape index (κ1) is 22.6. The van der Waals surface area contributed by atoms with E-state index < -0.39 is 28.6 Å². The van der Waals surface area contributed by atoms with Gasteiger partial charge in [0.15, 0.2) is 0 Å². The Morgan fingerprint density at radius 1 is 1.32 bits per heavy atom. The maximum atomic E-state index is 12.5. The first-order valence-corrected chi connectivity index (χ1v) is 10.3. The molecule has 0 N–H and O–H groups in total. The number of nitro benzene ring substituents is 1. The Labute approximate surface area is 186 Å². The van der Waals surface area contributed by atoms with Crippen molar-refractivity contribution in [3.8, 4) is 11.3 Å². The van der Waals surface area contributed by atoms with E-state index in [-0.39, 0.29) is 45.2 Å². The number of nitrogens with zero attached hydrogens (tertiary/aromatic N) is 2. The molecule has 31 heavy (non-hydrogen) atoms. The molecule has 1 saturated heterocycles. The van der Waals surface area contributed by atoms with Gasteiger partial charge in [-0.15, -0.1) is 0 Å². The molecule has 0 radical (unpaired) electrons. The second-order valence-electron chi connectivity index (χ2n) is 6.97. The largest absolute Gasteiger partial charge is 0.464 e. The smallest absolute Gasteiger partial charge is 0.326 e. The van der Waals surface area contributed by atoms with E-state index in [1.807, 2.05) is 13.8 Å². The summed E-state index contributed by atoms with van der Waals surface area (Å²) in [6, 6.07) is 7.19. The summed E-state index contributed by atoms with van der Waals surface area (Å²) in [4.78, 5) is 48.1. The molecule has 1 aromatic heterocycles. The molecule has 1 aliphatic heterocycles. The molecule has 3 rings (SSSR count). The van der Waals surface area contributed by atoms with E-state index in [0.29, 0.717) is 11.8 Å². The molecular formula is C20H17ClN2O7S. The van der Waals surface area contributed by atoms with E-state index in [0.717, 1.165) is 4.90 Å². The normalized spacial score (nSPS) is 15.2. The standard InChI is InChI=1S/C20H17ClN2O7S/c1-11(2)10-29-18(24)9-22-19(25)17(31-20(22)26)8-13-4-6-16(30-13)14-5-3-12(21)7-15(14)23(27)28/h3-8,11H,9-10H2,1-2H3/b17-8+. The highest BCUT2D eigenvalue weighted by molar-refractivity contribution is 8.18. The van der Waals surface area contributed by atoms with Gasteiger partial charge in [0.2, 0.25) is 0 Å². The van der Waals surface area contributed by atoms with Crippen molar-refractivity contribution < 1.29 is 28.5 Å². The van der Waals surface area contributed by atoms with Crippen molar-refractivity contribution in [3.05, 3.63) is 56.1 Å². The van der Waals surface area contributed by atoms with Crippen LogP contribution in [0.25, 0.3) is 17.4 Å². The van der Waals surface area contributed by atoms with Gasteiger partial charge in [-0.25, -0.2) is 0 Å². The quantitative estimate of drug-likeness (QED) is 0.249. The number of benzene rings is 1. The van der Waals surface area contributed by atoms with Crippen LogP contribution in [0.4, 0.5) is 10.5 Å². The van der Waals surface area contributed by atoms with Crippen molar-refractivity contribution in [1.29, 1.82) is 0 Å². The van der Waals surface area contributed by atoms with Crippen LogP contribution in [-0.4, -0.2) is 40.1 Å². The minimum atomic E-state index is -0.674. The number of carbonyl (C=O) groups is 3. The summed E-state index contributed by atoms with van der Waals surface area (Å²) in [6.07, 6.45) is 1.34. The average molecular weight is 465 g/mol. The number of thioether (sulfide) groups is 1. The lowest BCUT2D eigenvalue weighted by molar-refractivity contribution is -0.384. The van der Waals surface area contributed by atoms with Gasteiger partial charge in [-0.3, -0.25) is 29.4 Å². The summed E-state index contributed by atoms with van der Waals surface area (Å²) in [6.45, 7) is 3.45. The van der Waals surface area contributed by atoms with Crippen LogP contribution in [0.3, 0.4) is 0 Å². The number of rotatable bonds is 7. The highest BCUT2D eigenvalue weighted by Gasteiger charge is 2.37. The van der Waals surface area contributed by atoms with Crippen molar-refractivity contribution in [2.24, 2.45) is 5.92 Å². The number of furan rings is 1. The fourth-order valence-corrected chi connectivity index (χ4v) is 3.62. The third-order valence-corrected chi connectivity index (χ3v) is 5.20. The van der Waals surface area contributed by atoms with Crippen molar-refractivity contribution in [2.45, 2.75) is 13.8 Å². The van der Waals surface area contributed by atoms with Crippen molar-refractivity contribution in [1.82, 2.24) is 4.90 Å². The second kappa shape index (κ2) is 9.36. The van der Waals surface area contributed by atoms with Crippen LogP contribution >= 0.6 is 23.4 Å². The van der Waals surface area contributed by atoms with Crippen molar-refractivity contribution in [2.75, 3.05) is 13.2 Å². The van der Waals surface area contributed by atoms with Gasteiger partial charge in [0.05, 0.1) is 22.0 Å². The van der Waals surface area contributed by atoms with Crippen LogP contribution < -0.4 is 0 Å². The van der Waals surface area contributed by atoms with E-state index in [2.05, 4.69) is 0 Å². The monoisotopic (exact) mass is 464 g/mol. The van der Waals surface area contributed by atoms with Gasteiger partial charge < -0.3 is 9.15 Å². The van der Waals surface area contributed by atoms with Gasteiger partial charge in [-0.2, -0.15) is 0 Å². The number of imide groups is 1. The molecule has 2 amide bonds. The zero-order valence-electron chi connectivity index (χ0n) is 16.5. The predicted octanol–water partition coefficient (Wildman–Crippen LogP) is 4.74. The van der Waals surface area contributed by atoms with Crippen LogP contribution in [0.1, 0.15) is 19.6 Å². The van der Waals surface area contributed by atoms with Crippen LogP contribution in [0.5, 0.6) is 0 Å². The second-order valence-corrected chi connectivity index (χ2v) is 8.39. The lowest BCUT2D eigenvalue weighted by Gasteiger charge is -2.12. The van der Waals surface area contributed by atoms with Crippen LogP contribution in [0.15, 0.2) is 39.7 Å². The number of halogens is 1. The maximum Gasteiger partial charge on any atom is 0.326 e. The third kappa shape index (κ3) is 5.33. The lowest BCUT2D eigenvalue weighted by atomic mass is 10.1. The molecule has 2 heterocycles. The van der Waals surface area contributed by atoms with E-state index in [1.165, 1.54) is 36.4 Å². The summed E-state index contributed by atoms with van der Waals surface area (Å²) in [5.74, 6) is -0.777.